The summed E-state index contributed by atoms with van der Waals surface area (Å²) in [6, 6.07) is 7.76. The molecule has 6 heteroatoms. The number of anilines is 1. The summed E-state index contributed by atoms with van der Waals surface area (Å²) < 4.78 is 10.9. The molecule has 2 aromatic rings. The van der Waals surface area contributed by atoms with Crippen LogP contribution in [0, 0.1) is 0 Å². The molecule has 1 N–H and O–H groups in total. The summed E-state index contributed by atoms with van der Waals surface area (Å²) in [5, 5.41) is 3.45. The minimum absolute atomic E-state index is 0.105. The molecule has 0 fully saturated rings. The van der Waals surface area contributed by atoms with E-state index in [1.165, 1.54) is 16.2 Å². The van der Waals surface area contributed by atoms with Crippen LogP contribution >= 0.6 is 11.3 Å². The van der Waals surface area contributed by atoms with Crippen LogP contribution in [0.3, 0.4) is 0 Å². The number of fused-ring (bicyclic) bond motifs is 1. The largest absolute Gasteiger partial charge is 0.484 e. The first kappa shape index (κ1) is 20.4. The van der Waals surface area contributed by atoms with Crippen LogP contribution in [0.15, 0.2) is 24.3 Å². The van der Waals surface area contributed by atoms with Crippen molar-refractivity contribution in [1.82, 2.24) is 0 Å². The van der Waals surface area contributed by atoms with Crippen molar-refractivity contribution in [2.75, 3.05) is 18.5 Å². The molecule has 0 radical (unpaired) electrons. The Morgan fingerprint density at radius 1 is 1.21 bits per heavy atom. The Morgan fingerprint density at radius 2 is 2.00 bits per heavy atom. The smallest absolute Gasteiger partial charge is 0.341 e. The van der Waals surface area contributed by atoms with E-state index < -0.39 is 0 Å². The van der Waals surface area contributed by atoms with Crippen molar-refractivity contribution in [2.24, 2.45) is 0 Å². The number of aryl methyl sites for hydroxylation is 1. The van der Waals surface area contributed by atoms with Gasteiger partial charge in [-0.1, -0.05) is 26.0 Å². The van der Waals surface area contributed by atoms with Crippen LogP contribution in [0.25, 0.3) is 0 Å². The molecule has 1 aromatic carbocycles. The molecule has 0 saturated heterocycles. The van der Waals surface area contributed by atoms with Gasteiger partial charge in [-0.25, -0.2) is 4.79 Å². The summed E-state index contributed by atoms with van der Waals surface area (Å²) in [7, 11) is 0. The van der Waals surface area contributed by atoms with Crippen molar-refractivity contribution in [3.05, 3.63) is 45.8 Å². The Kier molecular flexibility index (Phi) is 6.73. The number of carbonyl (C=O) groups is 2. The fourth-order valence-electron chi connectivity index (χ4n) is 3.35. The van der Waals surface area contributed by atoms with Gasteiger partial charge in [0, 0.05) is 4.88 Å². The number of benzene rings is 1. The lowest BCUT2D eigenvalue weighted by molar-refractivity contribution is -0.118. The van der Waals surface area contributed by atoms with E-state index in [4.69, 9.17) is 9.47 Å². The van der Waals surface area contributed by atoms with E-state index >= 15 is 0 Å². The minimum Gasteiger partial charge on any atom is -0.484 e. The second-order valence-corrected chi connectivity index (χ2v) is 8.30. The van der Waals surface area contributed by atoms with E-state index in [0.717, 1.165) is 36.8 Å². The second kappa shape index (κ2) is 9.24. The molecule has 1 amide bonds. The Morgan fingerprint density at radius 3 is 2.75 bits per heavy atom. The zero-order valence-corrected chi connectivity index (χ0v) is 17.5. The van der Waals surface area contributed by atoms with Gasteiger partial charge in [-0.2, -0.15) is 0 Å². The SMILES string of the molecule is CCOC(=O)c1c(NC(=O)COc2cccc(C(C)C)c2)sc2c1CCCC2. The third kappa shape index (κ3) is 4.73. The first-order valence-corrected chi connectivity index (χ1v) is 10.7. The molecule has 3 rings (SSSR count). The van der Waals surface area contributed by atoms with E-state index in [9.17, 15) is 9.59 Å². The topological polar surface area (TPSA) is 64.6 Å². The van der Waals surface area contributed by atoms with E-state index in [2.05, 4.69) is 19.2 Å². The molecule has 0 aliphatic heterocycles. The van der Waals surface area contributed by atoms with Crippen molar-refractivity contribution in [2.45, 2.75) is 52.4 Å². The lowest BCUT2D eigenvalue weighted by atomic mass is 9.95. The predicted molar refractivity (Wildman–Crippen MR) is 112 cm³/mol. The van der Waals surface area contributed by atoms with Crippen molar-refractivity contribution in [3.63, 3.8) is 0 Å². The van der Waals surface area contributed by atoms with E-state index in [-0.39, 0.29) is 18.5 Å². The van der Waals surface area contributed by atoms with Crippen LogP contribution in [0.5, 0.6) is 5.75 Å². The van der Waals surface area contributed by atoms with E-state index in [1.807, 2.05) is 24.3 Å². The van der Waals surface area contributed by atoms with Crippen LogP contribution in [0.4, 0.5) is 5.00 Å². The molecule has 1 heterocycles. The van der Waals surface area contributed by atoms with Gasteiger partial charge in [0.25, 0.3) is 5.91 Å². The first-order chi connectivity index (χ1) is 13.5. The zero-order valence-electron chi connectivity index (χ0n) is 16.7. The molecule has 5 nitrogen and oxygen atoms in total. The number of hydrogen-bond donors (Lipinski definition) is 1. The van der Waals surface area contributed by atoms with Gasteiger partial charge < -0.3 is 14.8 Å². The van der Waals surface area contributed by atoms with Gasteiger partial charge in [0.2, 0.25) is 0 Å². The van der Waals surface area contributed by atoms with E-state index in [1.54, 1.807) is 6.92 Å². The Labute approximate surface area is 170 Å². The number of amides is 1. The van der Waals surface area contributed by atoms with Gasteiger partial charge >= 0.3 is 5.97 Å². The summed E-state index contributed by atoms with van der Waals surface area (Å²) >= 11 is 1.48. The van der Waals surface area contributed by atoms with Crippen LogP contribution in [0.2, 0.25) is 0 Å². The van der Waals surface area contributed by atoms with Gasteiger partial charge in [0.05, 0.1) is 12.2 Å². The maximum absolute atomic E-state index is 12.5. The standard InChI is InChI=1S/C22H27NO4S/c1-4-26-22(25)20-17-10-5-6-11-18(17)28-21(20)23-19(24)13-27-16-9-7-8-15(12-16)14(2)3/h7-9,12,14H,4-6,10-11,13H2,1-3H3,(H,23,24). The Bertz CT molecular complexity index is 856. The quantitative estimate of drug-likeness (QED) is 0.667. The number of ether oxygens (including phenoxy) is 2. The summed E-state index contributed by atoms with van der Waals surface area (Å²) in [5.74, 6) is 0.418. The number of nitrogens with one attached hydrogen (secondary N) is 1. The van der Waals surface area contributed by atoms with Gasteiger partial charge in [-0.05, 0) is 61.8 Å². The molecule has 150 valence electrons. The summed E-state index contributed by atoms with van der Waals surface area (Å²) in [6.07, 6.45) is 3.96. The minimum atomic E-state index is -0.359. The maximum atomic E-state index is 12.5. The van der Waals surface area contributed by atoms with Crippen molar-refractivity contribution >= 4 is 28.2 Å². The van der Waals surface area contributed by atoms with Crippen molar-refractivity contribution < 1.29 is 19.1 Å². The zero-order chi connectivity index (χ0) is 20.1. The normalized spacial score (nSPS) is 13.1. The average molecular weight is 402 g/mol. The molecule has 1 aromatic heterocycles. The highest BCUT2D eigenvalue weighted by Gasteiger charge is 2.27. The van der Waals surface area contributed by atoms with Gasteiger partial charge in [-0.3, -0.25) is 4.79 Å². The van der Waals surface area contributed by atoms with Crippen molar-refractivity contribution in [1.29, 1.82) is 0 Å². The molecule has 28 heavy (non-hydrogen) atoms. The van der Waals surface area contributed by atoms with Crippen molar-refractivity contribution in [3.8, 4) is 5.75 Å². The molecule has 0 atom stereocenters. The van der Waals surface area contributed by atoms with Crippen LogP contribution in [-0.2, 0) is 22.4 Å². The third-order valence-corrected chi connectivity index (χ3v) is 6.01. The monoisotopic (exact) mass is 401 g/mol. The number of carbonyl (C=O) groups excluding carboxylic acids is 2. The number of hydrogen-bond acceptors (Lipinski definition) is 5. The summed E-state index contributed by atoms with van der Waals surface area (Å²) in [5.41, 5.74) is 2.72. The van der Waals surface area contributed by atoms with Gasteiger partial charge in [-0.15, -0.1) is 11.3 Å². The molecular weight excluding hydrogens is 374 g/mol. The predicted octanol–water partition coefficient (Wildman–Crippen LogP) is 4.94. The number of thiophene rings is 1. The molecule has 0 spiro atoms. The number of esters is 1. The molecule has 1 aliphatic carbocycles. The molecule has 0 saturated carbocycles. The first-order valence-electron chi connectivity index (χ1n) is 9.83. The summed E-state index contributed by atoms with van der Waals surface area (Å²) in [4.78, 5) is 26.1. The van der Waals surface area contributed by atoms with E-state index in [0.29, 0.717) is 28.8 Å². The Balaban J connectivity index is 1.70. The maximum Gasteiger partial charge on any atom is 0.341 e. The lowest BCUT2D eigenvalue weighted by Gasteiger charge is -2.12. The number of rotatable bonds is 7. The third-order valence-electron chi connectivity index (χ3n) is 4.80. The highest BCUT2D eigenvalue weighted by molar-refractivity contribution is 7.17. The highest BCUT2D eigenvalue weighted by Crippen LogP contribution is 2.38. The molecule has 1 aliphatic rings. The molecule has 0 unspecified atom stereocenters. The van der Waals surface area contributed by atoms with Crippen LogP contribution < -0.4 is 10.1 Å². The second-order valence-electron chi connectivity index (χ2n) is 7.20. The highest BCUT2D eigenvalue weighted by atomic mass is 32.1. The summed E-state index contributed by atoms with van der Waals surface area (Å²) in [6.45, 7) is 6.22. The van der Waals surface area contributed by atoms with Gasteiger partial charge in [0.15, 0.2) is 6.61 Å². The molecular formula is C22H27NO4S. The Hall–Kier alpha value is -2.34. The fraction of sp³-hybridized carbons (Fsp3) is 0.455. The van der Waals surface area contributed by atoms with Crippen LogP contribution in [0.1, 0.15) is 65.9 Å². The van der Waals surface area contributed by atoms with Gasteiger partial charge in [0.1, 0.15) is 10.8 Å². The lowest BCUT2D eigenvalue weighted by Crippen LogP contribution is -2.21. The average Bonchev–Trinajstić information content (AvgIpc) is 3.04. The van der Waals surface area contributed by atoms with Crippen LogP contribution in [-0.4, -0.2) is 25.1 Å². The fourth-order valence-corrected chi connectivity index (χ4v) is 4.64. The molecule has 0 bridgehead atoms.